The first kappa shape index (κ1) is 20.7. The van der Waals surface area contributed by atoms with Gasteiger partial charge in [-0.2, -0.15) is 0 Å². The predicted octanol–water partition coefficient (Wildman–Crippen LogP) is 4.03. The predicted molar refractivity (Wildman–Crippen MR) is 122 cm³/mol. The number of carbonyl (C=O) groups is 1. The maximum Gasteiger partial charge on any atom is 0.333 e. The molecule has 4 aromatic rings. The number of nitrogens with zero attached hydrogens (tertiary/aromatic N) is 4. The molecule has 0 spiro atoms. The zero-order chi connectivity index (χ0) is 22.0. The van der Waals surface area contributed by atoms with Gasteiger partial charge in [0.15, 0.2) is 0 Å². The molecule has 0 atom stereocenters. The van der Waals surface area contributed by atoms with Crippen molar-refractivity contribution in [1.82, 2.24) is 18.7 Å². The molecule has 7 nitrogen and oxygen atoms in total. The molecular weight excluding hydrogens is 392 g/mol. The fourth-order valence-electron chi connectivity index (χ4n) is 3.98. The van der Waals surface area contributed by atoms with Gasteiger partial charge in [-0.3, -0.25) is 13.9 Å². The van der Waals surface area contributed by atoms with Gasteiger partial charge in [0.25, 0.3) is 0 Å². The van der Waals surface area contributed by atoms with E-state index in [0.29, 0.717) is 38.2 Å². The smallest absolute Gasteiger partial charge is 0.333 e. The van der Waals surface area contributed by atoms with E-state index < -0.39 is 0 Å². The Hall–Kier alpha value is -3.61. The number of ether oxygens (including phenoxy) is 1. The quantitative estimate of drug-likeness (QED) is 0.405. The number of carbonyl (C=O) groups excluding carboxylic acids is 1. The minimum atomic E-state index is -0.200. The molecule has 0 saturated heterocycles. The zero-order valence-corrected chi connectivity index (χ0v) is 17.9. The summed E-state index contributed by atoms with van der Waals surface area (Å²) in [6, 6.07) is 15.6. The van der Waals surface area contributed by atoms with E-state index >= 15 is 0 Å². The van der Waals surface area contributed by atoms with Gasteiger partial charge in [-0.1, -0.05) is 30.8 Å². The van der Waals surface area contributed by atoms with Gasteiger partial charge in [-0.25, -0.2) is 9.78 Å². The Morgan fingerprint density at radius 2 is 1.71 bits per heavy atom. The third-order valence-corrected chi connectivity index (χ3v) is 5.32. The molecule has 0 unspecified atom stereocenters. The van der Waals surface area contributed by atoms with Crippen molar-refractivity contribution in [3.05, 3.63) is 71.4 Å². The summed E-state index contributed by atoms with van der Waals surface area (Å²) in [5.74, 6) is 0.575. The molecule has 160 valence electrons. The van der Waals surface area contributed by atoms with Crippen LogP contribution in [-0.2, 0) is 22.6 Å². The molecule has 2 aromatic carbocycles. The van der Waals surface area contributed by atoms with E-state index in [-0.39, 0.29) is 11.7 Å². The van der Waals surface area contributed by atoms with Crippen LogP contribution in [-0.4, -0.2) is 31.3 Å². The standard InChI is InChI=1S/C24H26N4O3/c1-4-31-23(29)14-9-15-26-19-11-6-5-10-18(19)25-22(26)16-27-20-12-7-8-13-21(20)28(17(2)3)24(27)30/h5-8,10-13H,2,4,9,14-16H2,1,3H3. The van der Waals surface area contributed by atoms with E-state index in [1.165, 1.54) is 0 Å². The van der Waals surface area contributed by atoms with Crippen LogP contribution in [0, 0.1) is 0 Å². The lowest BCUT2D eigenvalue weighted by atomic mass is 10.3. The van der Waals surface area contributed by atoms with Crippen LogP contribution in [0.2, 0.25) is 0 Å². The van der Waals surface area contributed by atoms with Crippen molar-refractivity contribution in [3.8, 4) is 0 Å². The summed E-state index contributed by atoms with van der Waals surface area (Å²) in [5.41, 5.74) is 4.04. The maximum atomic E-state index is 13.2. The highest BCUT2D eigenvalue weighted by Gasteiger charge is 2.17. The van der Waals surface area contributed by atoms with Crippen molar-refractivity contribution in [1.29, 1.82) is 0 Å². The summed E-state index contributed by atoms with van der Waals surface area (Å²) in [7, 11) is 0. The van der Waals surface area contributed by atoms with E-state index in [0.717, 1.165) is 27.9 Å². The second-order valence-corrected chi connectivity index (χ2v) is 7.51. The second-order valence-electron chi connectivity index (χ2n) is 7.51. The van der Waals surface area contributed by atoms with Gasteiger partial charge in [-0.05, 0) is 44.5 Å². The van der Waals surface area contributed by atoms with Crippen LogP contribution in [0.4, 0.5) is 0 Å². The molecule has 2 heterocycles. The first-order valence-corrected chi connectivity index (χ1v) is 10.5. The van der Waals surface area contributed by atoms with E-state index in [9.17, 15) is 9.59 Å². The van der Waals surface area contributed by atoms with Gasteiger partial charge in [0.05, 0.1) is 35.2 Å². The summed E-state index contributed by atoms with van der Waals surface area (Å²) in [6.45, 7) is 8.92. The van der Waals surface area contributed by atoms with Crippen LogP contribution in [0.25, 0.3) is 27.8 Å². The van der Waals surface area contributed by atoms with Gasteiger partial charge in [0.1, 0.15) is 5.82 Å². The Kier molecular flexibility index (Phi) is 5.75. The number of allylic oxidation sites excluding steroid dienone is 1. The first-order chi connectivity index (χ1) is 15.0. The number of para-hydroxylation sites is 4. The Morgan fingerprint density at radius 1 is 1.03 bits per heavy atom. The van der Waals surface area contributed by atoms with Gasteiger partial charge in [-0.15, -0.1) is 0 Å². The van der Waals surface area contributed by atoms with Crippen LogP contribution in [0.5, 0.6) is 0 Å². The topological polar surface area (TPSA) is 71.0 Å². The van der Waals surface area contributed by atoms with E-state index in [1.54, 1.807) is 16.1 Å². The Labute approximate surface area is 180 Å². The lowest BCUT2D eigenvalue weighted by Crippen LogP contribution is -2.25. The molecule has 2 aromatic heterocycles. The zero-order valence-electron chi connectivity index (χ0n) is 17.9. The third kappa shape index (κ3) is 3.91. The number of imidazole rings is 2. The second kappa shape index (κ2) is 8.63. The molecule has 0 N–H and O–H groups in total. The maximum absolute atomic E-state index is 13.2. The van der Waals surface area contributed by atoms with Gasteiger partial charge >= 0.3 is 11.7 Å². The lowest BCUT2D eigenvalue weighted by Gasteiger charge is -2.10. The summed E-state index contributed by atoms with van der Waals surface area (Å²) >= 11 is 0. The fourth-order valence-corrected chi connectivity index (χ4v) is 3.98. The molecule has 0 bridgehead atoms. The number of hydrogen-bond donors (Lipinski definition) is 0. The van der Waals surface area contributed by atoms with Crippen LogP contribution in [0.15, 0.2) is 59.9 Å². The van der Waals surface area contributed by atoms with Crippen LogP contribution < -0.4 is 5.69 Å². The number of rotatable bonds is 8. The number of hydrogen-bond acceptors (Lipinski definition) is 4. The first-order valence-electron chi connectivity index (χ1n) is 10.5. The minimum absolute atomic E-state index is 0.140. The highest BCUT2D eigenvalue weighted by Crippen LogP contribution is 2.21. The number of aryl methyl sites for hydroxylation is 1. The monoisotopic (exact) mass is 418 g/mol. The SMILES string of the molecule is C=C(C)n1c(=O)n(Cc2nc3ccccc3n2CCCC(=O)OCC)c2ccccc21. The Balaban J connectivity index is 1.74. The molecule has 4 rings (SSSR count). The highest BCUT2D eigenvalue weighted by atomic mass is 16.5. The molecule has 0 aliphatic heterocycles. The minimum Gasteiger partial charge on any atom is -0.466 e. The van der Waals surface area contributed by atoms with Crippen LogP contribution in [0.1, 0.15) is 32.5 Å². The molecule has 0 saturated carbocycles. The van der Waals surface area contributed by atoms with Crippen molar-refractivity contribution >= 4 is 33.7 Å². The average Bonchev–Trinajstić information content (AvgIpc) is 3.23. The molecule has 0 aliphatic rings. The van der Waals surface area contributed by atoms with Crippen LogP contribution in [0.3, 0.4) is 0 Å². The van der Waals surface area contributed by atoms with Crippen molar-refractivity contribution in [3.63, 3.8) is 0 Å². The Morgan fingerprint density at radius 3 is 2.42 bits per heavy atom. The summed E-state index contributed by atoms with van der Waals surface area (Å²) < 4.78 is 10.5. The van der Waals surface area contributed by atoms with Crippen molar-refractivity contribution in [2.75, 3.05) is 6.61 Å². The molecule has 7 heteroatoms. The van der Waals surface area contributed by atoms with Crippen molar-refractivity contribution < 1.29 is 9.53 Å². The summed E-state index contributed by atoms with van der Waals surface area (Å²) in [4.78, 5) is 29.8. The fraction of sp³-hybridized carbons (Fsp3) is 0.292. The van der Waals surface area contributed by atoms with Gasteiger partial charge < -0.3 is 9.30 Å². The van der Waals surface area contributed by atoms with Crippen molar-refractivity contribution in [2.24, 2.45) is 0 Å². The average molecular weight is 418 g/mol. The van der Waals surface area contributed by atoms with Crippen molar-refractivity contribution in [2.45, 2.75) is 39.8 Å². The number of aromatic nitrogens is 4. The van der Waals surface area contributed by atoms with E-state index in [1.807, 2.05) is 55.5 Å². The molecular formula is C24H26N4O3. The van der Waals surface area contributed by atoms with Gasteiger partial charge in [0.2, 0.25) is 0 Å². The normalized spacial score (nSPS) is 11.3. The highest BCUT2D eigenvalue weighted by molar-refractivity contribution is 5.80. The van der Waals surface area contributed by atoms with E-state index in [4.69, 9.17) is 9.72 Å². The number of fused-ring (bicyclic) bond motifs is 2. The Bertz CT molecular complexity index is 1330. The third-order valence-electron chi connectivity index (χ3n) is 5.32. The number of esters is 1. The van der Waals surface area contributed by atoms with Gasteiger partial charge in [0, 0.05) is 18.7 Å². The molecule has 31 heavy (non-hydrogen) atoms. The van der Waals surface area contributed by atoms with Crippen LogP contribution >= 0.6 is 0 Å². The summed E-state index contributed by atoms with van der Waals surface area (Å²) in [6.07, 6.45) is 0.976. The molecule has 0 aliphatic carbocycles. The molecule has 0 radical (unpaired) electrons. The largest absolute Gasteiger partial charge is 0.466 e. The molecule has 0 amide bonds. The van der Waals surface area contributed by atoms with E-state index in [2.05, 4.69) is 11.1 Å². The lowest BCUT2D eigenvalue weighted by molar-refractivity contribution is -0.143. The molecule has 0 fully saturated rings. The number of benzene rings is 2. The summed E-state index contributed by atoms with van der Waals surface area (Å²) in [5, 5.41) is 0.